The molecule has 0 aliphatic rings. The lowest BCUT2D eigenvalue weighted by atomic mass is 10.2. The summed E-state index contributed by atoms with van der Waals surface area (Å²) in [7, 11) is 3.25. The zero-order chi connectivity index (χ0) is 15.6. The van der Waals surface area contributed by atoms with Crippen LogP contribution in [0.25, 0.3) is 11.0 Å². The van der Waals surface area contributed by atoms with Crippen molar-refractivity contribution in [1.29, 1.82) is 0 Å². The van der Waals surface area contributed by atoms with E-state index in [4.69, 9.17) is 4.74 Å². The van der Waals surface area contributed by atoms with E-state index < -0.39 is 6.09 Å². The van der Waals surface area contributed by atoms with Gasteiger partial charge in [-0.2, -0.15) is 0 Å². The summed E-state index contributed by atoms with van der Waals surface area (Å²) >= 11 is 0. The molecule has 7 heteroatoms. The summed E-state index contributed by atoms with van der Waals surface area (Å²) < 4.78 is 6.23. The molecule has 0 atom stereocenters. The molecule has 0 unspecified atom stereocenters. The zero-order valence-electron chi connectivity index (χ0n) is 12.5. The van der Waals surface area contributed by atoms with Crippen LogP contribution in [0, 0.1) is 6.92 Å². The van der Waals surface area contributed by atoms with Crippen molar-refractivity contribution in [3.8, 4) is 0 Å². The second kappa shape index (κ2) is 5.82. The molecule has 2 amide bonds. The first kappa shape index (κ1) is 14.8. The number of ether oxygens (including phenoxy) is 1. The average molecular weight is 290 g/mol. The van der Waals surface area contributed by atoms with Gasteiger partial charge in [0.2, 0.25) is 5.82 Å². The van der Waals surface area contributed by atoms with Crippen molar-refractivity contribution < 1.29 is 14.3 Å². The number of fused-ring (bicyclic) bond motifs is 1. The van der Waals surface area contributed by atoms with Crippen LogP contribution in [-0.4, -0.2) is 47.3 Å². The molecule has 2 rings (SSSR count). The Morgan fingerprint density at radius 3 is 2.71 bits per heavy atom. The number of aryl methyl sites for hydroxylation is 1. The largest absolute Gasteiger partial charge is 0.449 e. The number of benzene rings is 1. The molecule has 0 saturated heterocycles. The van der Waals surface area contributed by atoms with Gasteiger partial charge in [0, 0.05) is 14.1 Å². The molecular weight excluding hydrogens is 272 g/mol. The molecule has 0 aliphatic heterocycles. The normalized spacial score (nSPS) is 10.5. The van der Waals surface area contributed by atoms with Crippen LogP contribution < -0.4 is 5.43 Å². The standard InChI is InChI=1S/C14H18N4O3/c1-5-21-14(20)16-18-11-8-9(2)6-7-10(11)15-12(18)13(19)17(3)4/h6-8H,5H2,1-4H3,(H,16,20). The van der Waals surface area contributed by atoms with E-state index in [0.29, 0.717) is 11.0 Å². The average Bonchev–Trinajstić information content (AvgIpc) is 2.76. The van der Waals surface area contributed by atoms with Crippen LogP contribution in [0.15, 0.2) is 18.2 Å². The number of carbonyl (C=O) groups is 2. The van der Waals surface area contributed by atoms with E-state index in [2.05, 4.69) is 10.4 Å². The van der Waals surface area contributed by atoms with Crippen molar-refractivity contribution in [2.45, 2.75) is 13.8 Å². The zero-order valence-corrected chi connectivity index (χ0v) is 12.5. The lowest BCUT2D eigenvalue weighted by Crippen LogP contribution is -2.31. The van der Waals surface area contributed by atoms with E-state index in [1.165, 1.54) is 9.58 Å². The Morgan fingerprint density at radius 1 is 1.38 bits per heavy atom. The molecule has 21 heavy (non-hydrogen) atoms. The lowest BCUT2D eigenvalue weighted by molar-refractivity contribution is 0.0813. The van der Waals surface area contributed by atoms with Crippen LogP contribution >= 0.6 is 0 Å². The fourth-order valence-corrected chi connectivity index (χ4v) is 1.90. The molecule has 7 nitrogen and oxygen atoms in total. The third-order valence-corrected chi connectivity index (χ3v) is 2.89. The molecule has 2 aromatic rings. The number of amides is 2. The quantitative estimate of drug-likeness (QED) is 0.934. The van der Waals surface area contributed by atoms with Crippen molar-refractivity contribution in [3.63, 3.8) is 0 Å². The van der Waals surface area contributed by atoms with Crippen molar-refractivity contribution in [3.05, 3.63) is 29.6 Å². The molecular formula is C14H18N4O3. The highest BCUT2D eigenvalue weighted by Crippen LogP contribution is 2.17. The summed E-state index contributed by atoms with van der Waals surface area (Å²) in [6.07, 6.45) is -0.633. The monoisotopic (exact) mass is 290 g/mol. The summed E-state index contributed by atoms with van der Waals surface area (Å²) in [5.41, 5.74) is 4.82. The molecule has 0 saturated carbocycles. The molecule has 0 bridgehead atoms. The number of nitrogens with one attached hydrogen (secondary N) is 1. The first-order valence-corrected chi connectivity index (χ1v) is 6.58. The number of nitrogens with zero attached hydrogens (tertiary/aromatic N) is 3. The van der Waals surface area contributed by atoms with Crippen LogP contribution in [0.1, 0.15) is 23.1 Å². The first-order chi connectivity index (χ1) is 9.93. The van der Waals surface area contributed by atoms with Crippen LogP contribution in [0.5, 0.6) is 0 Å². The van der Waals surface area contributed by atoms with Gasteiger partial charge in [0.25, 0.3) is 5.91 Å². The molecule has 1 heterocycles. The molecule has 0 radical (unpaired) electrons. The highest BCUT2D eigenvalue weighted by atomic mass is 16.6. The topological polar surface area (TPSA) is 76.5 Å². The molecule has 112 valence electrons. The van der Waals surface area contributed by atoms with Gasteiger partial charge in [-0.1, -0.05) is 6.07 Å². The number of imidazole rings is 1. The molecule has 0 aliphatic carbocycles. The molecule has 0 fully saturated rings. The SMILES string of the molecule is CCOC(=O)Nn1c(C(=O)N(C)C)nc2ccc(C)cc21. The second-order valence-electron chi connectivity index (χ2n) is 4.79. The highest BCUT2D eigenvalue weighted by molar-refractivity contribution is 5.96. The first-order valence-electron chi connectivity index (χ1n) is 6.58. The van der Waals surface area contributed by atoms with Crippen LogP contribution in [0.2, 0.25) is 0 Å². The number of rotatable bonds is 3. The summed E-state index contributed by atoms with van der Waals surface area (Å²) in [6, 6.07) is 5.55. The van der Waals surface area contributed by atoms with Crippen LogP contribution in [0.4, 0.5) is 4.79 Å². The van der Waals surface area contributed by atoms with E-state index in [-0.39, 0.29) is 18.3 Å². The lowest BCUT2D eigenvalue weighted by Gasteiger charge is -2.13. The van der Waals surface area contributed by atoms with Gasteiger partial charge in [-0.15, -0.1) is 0 Å². The summed E-state index contributed by atoms with van der Waals surface area (Å²) in [5, 5.41) is 0. The third-order valence-electron chi connectivity index (χ3n) is 2.89. The van der Waals surface area contributed by atoms with E-state index in [9.17, 15) is 9.59 Å². The predicted molar refractivity (Wildman–Crippen MR) is 78.9 cm³/mol. The molecule has 1 aromatic carbocycles. The van der Waals surface area contributed by atoms with Crippen molar-refractivity contribution in [2.75, 3.05) is 26.1 Å². The Kier molecular flexibility index (Phi) is 4.11. The molecule has 1 N–H and O–H groups in total. The van der Waals surface area contributed by atoms with Crippen LogP contribution in [-0.2, 0) is 4.74 Å². The van der Waals surface area contributed by atoms with Gasteiger partial charge in [-0.05, 0) is 31.5 Å². The highest BCUT2D eigenvalue weighted by Gasteiger charge is 2.21. The van der Waals surface area contributed by atoms with E-state index in [0.717, 1.165) is 5.56 Å². The van der Waals surface area contributed by atoms with E-state index >= 15 is 0 Å². The third kappa shape index (κ3) is 2.96. The minimum Gasteiger partial charge on any atom is -0.449 e. The van der Waals surface area contributed by atoms with Gasteiger partial charge < -0.3 is 9.64 Å². The van der Waals surface area contributed by atoms with Gasteiger partial charge in [0.05, 0.1) is 17.6 Å². The molecule has 1 aromatic heterocycles. The Morgan fingerprint density at radius 2 is 2.10 bits per heavy atom. The summed E-state index contributed by atoms with van der Waals surface area (Å²) in [4.78, 5) is 29.6. The minimum atomic E-state index is -0.633. The van der Waals surface area contributed by atoms with Crippen molar-refractivity contribution >= 4 is 23.0 Å². The minimum absolute atomic E-state index is 0.133. The maximum Gasteiger partial charge on any atom is 0.426 e. The van der Waals surface area contributed by atoms with Gasteiger partial charge in [0.15, 0.2) is 0 Å². The Bertz CT molecular complexity index is 691. The number of hydrogen-bond donors (Lipinski definition) is 1. The summed E-state index contributed by atoms with van der Waals surface area (Å²) in [6.45, 7) is 3.88. The molecule has 0 spiro atoms. The number of aromatic nitrogens is 2. The summed E-state index contributed by atoms with van der Waals surface area (Å²) in [5.74, 6) is -0.172. The Balaban J connectivity index is 2.56. The number of hydrogen-bond acceptors (Lipinski definition) is 4. The fourth-order valence-electron chi connectivity index (χ4n) is 1.90. The maximum absolute atomic E-state index is 12.2. The van der Waals surface area contributed by atoms with Gasteiger partial charge in [-0.3, -0.25) is 4.79 Å². The second-order valence-corrected chi connectivity index (χ2v) is 4.79. The van der Waals surface area contributed by atoms with Crippen molar-refractivity contribution in [1.82, 2.24) is 14.6 Å². The Labute approximate surface area is 122 Å². The fraction of sp³-hybridized carbons (Fsp3) is 0.357. The van der Waals surface area contributed by atoms with E-state index in [1.54, 1.807) is 27.1 Å². The smallest absolute Gasteiger partial charge is 0.426 e. The van der Waals surface area contributed by atoms with Gasteiger partial charge in [0.1, 0.15) is 0 Å². The van der Waals surface area contributed by atoms with E-state index in [1.807, 2.05) is 19.1 Å². The van der Waals surface area contributed by atoms with Crippen molar-refractivity contribution in [2.24, 2.45) is 0 Å². The van der Waals surface area contributed by atoms with Gasteiger partial charge >= 0.3 is 6.09 Å². The predicted octanol–water partition coefficient (Wildman–Crippen LogP) is 1.75. The maximum atomic E-state index is 12.2. The van der Waals surface area contributed by atoms with Gasteiger partial charge in [-0.25, -0.2) is 19.9 Å². The number of carbonyl (C=O) groups excluding carboxylic acids is 2. The van der Waals surface area contributed by atoms with Crippen LogP contribution in [0.3, 0.4) is 0 Å². The Hall–Kier alpha value is -2.57.